The minimum absolute atomic E-state index is 0.152. The Labute approximate surface area is 164 Å². The first-order chi connectivity index (χ1) is 13.6. The lowest BCUT2D eigenvalue weighted by Crippen LogP contribution is -2.05. The van der Waals surface area contributed by atoms with Crippen molar-refractivity contribution in [3.8, 4) is 0 Å². The molecule has 0 aliphatic carbocycles. The number of aromatic nitrogens is 2. The second-order valence-electron chi connectivity index (χ2n) is 6.52. The van der Waals surface area contributed by atoms with E-state index in [-0.39, 0.29) is 9.80 Å². The van der Waals surface area contributed by atoms with Gasteiger partial charge >= 0.3 is 0 Å². The number of hydrogen-bond acceptors (Lipinski definition) is 3. The maximum Gasteiger partial charge on any atom is 0.210 e. The Balaban J connectivity index is 1.91. The van der Waals surface area contributed by atoms with E-state index in [2.05, 4.69) is 16.9 Å². The molecule has 0 aliphatic heterocycles. The van der Waals surface area contributed by atoms with Crippen LogP contribution in [0.2, 0.25) is 0 Å². The van der Waals surface area contributed by atoms with E-state index in [0.717, 1.165) is 23.0 Å². The van der Waals surface area contributed by atoms with Gasteiger partial charge in [-0.25, -0.2) is 13.4 Å². The smallest absolute Gasteiger partial charge is 0.210 e. The van der Waals surface area contributed by atoms with Gasteiger partial charge in [0.15, 0.2) is 0 Å². The molecule has 0 amide bonds. The van der Waals surface area contributed by atoms with E-state index >= 15 is 0 Å². The van der Waals surface area contributed by atoms with E-state index in [9.17, 15) is 8.42 Å². The maximum atomic E-state index is 13.4. The minimum Gasteiger partial charge on any atom is -0.337 e. The average Bonchev–Trinajstić information content (AvgIpc) is 3.16. The van der Waals surface area contributed by atoms with Gasteiger partial charge in [0.1, 0.15) is 10.7 Å². The van der Waals surface area contributed by atoms with Gasteiger partial charge < -0.3 is 4.98 Å². The van der Waals surface area contributed by atoms with Crippen LogP contribution in [0.25, 0.3) is 22.0 Å². The van der Waals surface area contributed by atoms with Crippen molar-refractivity contribution in [3.05, 3.63) is 95.8 Å². The summed E-state index contributed by atoms with van der Waals surface area (Å²) in [5, 5.41) is 0. The van der Waals surface area contributed by atoms with E-state index in [1.165, 1.54) is 5.56 Å². The first-order valence-corrected chi connectivity index (χ1v) is 10.6. The number of nitrogens with zero attached hydrogens (tertiary/aromatic N) is 1. The molecule has 1 heterocycles. The highest BCUT2D eigenvalue weighted by Gasteiger charge is 2.25. The van der Waals surface area contributed by atoms with Crippen molar-refractivity contribution in [2.45, 2.75) is 18.2 Å². The Morgan fingerprint density at radius 3 is 2.29 bits per heavy atom. The molecule has 1 aromatic heterocycles. The number of aromatic amines is 1. The zero-order chi connectivity index (χ0) is 19.6. The highest BCUT2D eigenvalue weighted by molar-refractivity contribution is 8.00. The molecule has 0 bridgehead atoms. The number of imidazole rings is 1. The Hall–Kier alpha value is -3.18. The molecule has 0 spiro atoms. The molecule has 0 radical (unpaired) electrons. The lowest BCUT2D eigenvalue weighted by Gasteiger charge is -2.08. The predicted molar refractivity (Wildman–Crippen MR) is 113 cm³/mol. The van der Waals surface area contributed by atoms with Crippen LogP contribution >= 0.6 is 0 Å². The molecule has 4 aromatic rings. The number of benzene rings is 3. The SMILES string of the molecule is CCc1ccc(C=C(c2nc3ccccc3[nH]2)S(=O)(=O)c2ccccc2)cc1. The summed E-state index contributed by atoms with van der Waals surface area (Å²) in [4.78, 5) is 8.08. The molecular formula is C23H20N2O2S. The first-order valence-electron chi connectivity index (χ1n) is 9.14. The van der Waals surface area contributed by atoms with Crippen LogP contribution in [0, 0.1) is 0 Å². The molecule has 0 fully saturated rings. The summed E-state index contributed by atoms with van der Waals surface area (Å²) in [5.41, 5.74) is 3.54. The fourth-order valence-corrected chi connectivity index (χ4v) is 4.48. The summed E-state index contributed by atoms with van der Waals surface area (Å²) >= 11 is 0. The van der Waals surface area contributed by atoms with Gasteiger partial charge in [0, 0.05) is 0 Å². The van der Waals surface area contributed by atoms with Crippen LogP contribution in [0.3, 0.4) is 0 Å². The predicted octanol–water partition coefficient (Wildman–Crippen LogP) is 5.10. The van der Waals surface area contributed by atoms with Crippen LogP contribution in [0.4, 0.5) is 0 Å². The molecular weight excluding hydrogens is 368 g/mol. The minimum atomic E-state index is -3.75. The number of para-hydroxylation sites is 2. The average molecular weight is 388 g/mol. The normalized spacial score (nSPS) is 12.4. The molecule has 0 saturated heterocycles. The number of aryl methyl sites for hydroxylation is 1. The number of H-pyrrole nitrogens is 1. The van der Waals surface area contributed by atoms with Gasteiger partial charge in [-0.1, -0.05) is 61.5 Å². The Morgan fingerprint density at radius 2 is 1.61 bits per heavy atom. The van der Waals surface area contributed by atoms with Crippen molar-refractivity contribution in [2.24, 2.45) is 0 Å². The summed E-state index contributed by atoms with van der Waals surface area (Å²) in [7, 11) is -3.75. The molecule has 140 valence electrons. The first kappa shape index (κ1) is 18.2. The molecule has 0 atom stereocenters. The van der Waals surface area contributed by atoms with Crippen LogP contribution in [0.5, 0.6) is 0 Å². The number of rotatable bonds is 5. The van der Waals surface area contributed by atoms with Crippen molar-refractivity contribution < 1.29 is 8.42 Å². The van der Waals surface area contributed by atoms with Crippen molar-refractivity contribution >= 4 is 31.9 Å². The molecule has 3 aromatic carbocycles. The Morgan fingerprint density at radius 1 is 0.929 bits per heavy atom. The third-order valence-corrected chi connectivity index (χ3v) is 6.43. The van der Waals surface area contributed by atoms with E-state index in [1.807, 2.05) is 48.5 Å². The van der Waals surface area contributed by atoms with Crippen LogP contribution in [0.15, 0.2) is 83.8 Å². The summed E-state index contributed by atoms with van der Waals surface area (Å²) in [6.07, 6.45) is 2.61. The molecule has 4 rings (SSSR count). The van der Waals surface area contributed by atoms with Gasteiger partial charge in [-0.3, -0.25) is 0 Å². The second kappa shape index (κ2) is 7.44. The number of hydrogen-bond donors (Lipinski definition) is 1. The molecule has 1 N–H and O–H groups in total. The van der Waals surface area contributed by atoms with Crippen LogP contribution in [-0.4, -0.2) is 18.4 Å². The zero-order valence-electron chi connectivity index (χ0n) is 15.5. The third-order valence-electron chi connectivity index (χ3n) is 4.65. The monoisotopic (exact) mass is 388 g/mol. The van der Waals surface area contributed by atoms with Crippen LogP contribution in [-0.2, 0) is 16.3 Å². The van der Waals surface area contributed by atoms with Gasteiger partial charge in [0.25, 0.3) is 0 Å². The molecule has 0 unspecified atom stereocenters. The fourth-order valence-electron chi connectivity index (χ4n) is 3.07. The fraction of sp³-hybridized carbons (Fsp3) is 0.0870. The van der Waals surface area contributed by atoms with Gasteiger partial charge in [-0.15, -0.1) is 0 Å². The molecule has 28 heavy (non-hydrogen) atoms. The summed E-state index contributed by atoms with van der Waals surface area (Å²) < 4.78 is 26.8. The number of nitrogens with one attached hydrogen (secondary N) is 1. The summed E-state index contributed by atoms with van der Waals surface area (Å²) in [6.45, 7) is 2.09. The topological polar surface area (TPSA) is 62.8 Å². The Kier molecular flexibility index (Phi) is 4.84. The van der Waals surface area contributed by atoms with Crippen LogP contribution in [0.1, 0.15) is 23.9 Å². The highest BCUT2D eigenvalue weighted by atomic mass is 32.2. The van der Waals surface area contributed by atoms with Gasteiger partial charge in [0.05, 0.1) is 15.9 Å². The molecule has 0 aliphatic rings. The van der Waals surface area contributed by atoms with Crippen molar-refractivity contribution in [1.29, 1.82) is 0 Å². The van der Waals surface area contributed by atoms with E-state index in [1.54, 1.807) is 36.4 Å². The largest absolute Gasteiger partial charge is 0.337 e. The Bertz CT molecular complexity index is 1210. The molecule has 5 heteroatoms. The maximum absolute atomic E-state index is 13.4. The lowest BCUT2D eigenvalue weighted by molar-refractivity contribution is 0.606. The van der Waals surface area contributed by atoms with Crippen molar-refractivity contribution in [3.63, 3.8) is 0 Å². The molecule has 0 saturated carbocycles. The van der Waals surface area contributed by atoms with Gasteiger partial charge in [0.2, 0.25) is 9.84 Å². The van der Waals surface area contributed by atoms with E-state index in [4.69, 9.17) is 0 Å². The molecule has 4 nitrogen and oxygen atoms in total. The van der Waals surface area contributed by atoms with E-state index < -0.39 is 9.84 Å². The van der Waals surface area contributed by atoms with Crippen molar-refractivity contribution in [1.82, 2.24) is 9.97 Å². The van der Waals surface area contributed by atoms with Gasteiger partial charge in [-0.05, 0) is 47.9 Å². The number of sulfone groups is 1. The zero-order valence-corrected chi connectivity index (χ0v) is 16.3. The van der Waals surface area contributed by atoms with E-state index in [0.29, 0.717) is 5.82 Å². The lowest BCUT2D eigenvalue weighted by atomic mass is 10.1. The summed E-state index contributed by atoms with van der Waals surface area (Å²) in [6, 6.07) is 23.9. The highest BCUT2D eigenvalue weighted by Crippen LogP contribution is 2.29. The summed E-state index contributed by atoms with van der Waals surface area (Å²) in [5.74, 6) is 0.338. The second-order valence-corrected chi connectivity index (χ2v) is 8.44. The number of fused-ring (bicyclic) bond motifs is 1. The standard InChI is InChI=1S/C23H20N2O2S/c1-2-17-12-14-18(15-13-17)16-22(28(26,27)19-8-4-3-5-9-19)23-24-20-10-6-7-11-21(20)25-23/h3-16H,2H2,1H3,(H,24,25). The quantitative estimate of drug-likeness (QED) is 0.517. The van der Waals surface area contributed by atoms with Crippen LogP contribution < -0.4 is 0 Å². The third kappa shape index (κ3) is 3.49. The van der Waals surface area contributed by atoms with Gasteiger partial charge in [-0.2, -0.15) is 0 Å². The van der Waals surface area contributed by atoms with Crippen molar-refractivity contribution in [2.75, 3.05) is 0 Å².